The molecule has 0 aromatic heterocycles. The SMILES string of the molecule is O=C1c2ccccc2C(=O)c2c(/N=N/c3ccc(O)c(Cl)c3)cccc21. The summed E-state index contributed by atoms with van der Waals surface area (Å²) in [5.41, 5.74) is 2.03. The zero-order valence-corrected chi connectivity index (χ0v) is 14.1. The molecule has 1 N–H and O–H groups in total. The van der Waals surface area contributed by atoms with Crippen molar-refractivity contribution in [2.75, 3.05) is 0 Å². The molecule has 0 heterocycles. The van der Waals surface area contributed by atoms with Crippen LogP contribution in [-0.2, 0) is 0 Å². The van der Waals surface area contributed by atoms with Crippen molar-refractivity contribution in [2.24, 2.45) is 10.2 Å². The molecule has 5 nitrogen and oxygen atoms in total. The van der Waals surface area contributed by atoms with Gasteiger partial charge in [-0.25, -0.2) is 0 Å². The van der Waals surface area contributed by atoms with Crippen LogP contribution in [0.2, 0.25) is 5.02 Å². The lowest BCUT2D eigenvalue weighted by Gasteiger charge is -2.18. The van der Waals surface area contributed by atoms with Gasteiger partial charge in [-0.1, -0.05) is 48.0 Å². The maximum atomic E-state index is 12.9. The summed E-state index contributed by atoms with van der Waals surface area (Å²) in [5, 5.41) is 17.8. The number of halogens is 1. The van der Waals surface area contributed by atoms with Crippen LogP contribution in [0, 0.1) is 0 Å². The summed E-state index contributed by atoms with van der Waals surface area (Å²) >= 11 is 5.86. The first kappa shape index (κ1) is 16.2. The maximum Gasteiger partial charge on any atom is 0.196 e. The van der Waals surface area contributed by atoms with Gasteiger partial charge in [0, 0.05) is 16.7 Å². The lowest BCUT2D eigenvalue weighted by molar-refractivity contribution is 0.0979. The van der Waals surface area contributed by atoms with E-state index in [9.17, 15) is 14.7 Å². The molecule has 0 spiro atoms. The lowest BCUT2D eigenvalue weighted by atomic mass is 9.83. The summed E-state index contributed by atoms with van der Waals surface area (Å²) in [6, 6.07) is 16.0. The van der Waals surface area contributed by atoms with Crippen LogP contribution in [0.25, 0.3) is 0 Å². The highest BCUT2D eigenvalue weighted by Gasteiger charge is 2.31. The molecule has 3 aromatic carbocycles. The van der Waals surface area contributed by atoms with Gasteiger partial charge in [-0.15, -0.1) is 5.11 Å². The largest absolute Gasteiger partial charge is 0.506 e. The molecule has 0 fully saturated rings. The summed E-state index contributed by atoms with van der Waals surface area (Å²) in [4.78, 5) is 25.6. The monoisotopic (exact) mass is 362 g/mol. The number of hydrogen-bond donors (Lipinski definition) is 1. The van der Waals surface area contributed by atoms with Gasteiger partial charge < -0.3 is 5.11 Å². The van der Waals surface area contributed by atoms with Crippen molar-refractivity contribution in [3.05, 3.63) is 87.9 Å². The number of benzene rings is 3. The quantitative estimate of drug-likeness (QED) is 0.495. The third-order valence-electron chi connectivity index (χ3n) is 4.13. The van der Waals surface area contributed by atoms with Crippen LogP contribution in [0.5, 0.6) is 5.75 Å². The maximum absolute atomic E-state index is 12.9. The number of carbonyl (C=O) groups is 2. The van der Waals surface area contributed by atoms with Crippen LogP contribution in [0.3, 0.4) is 0 Å². The average Bonchev–Trinajstić information content (AvgIpc) is 2.67. The summed E-state index contributed by atoms with van der Waals surface area (Å²) in [7, 11) is 0. The van der Waals surface area contributed by atoms with Crippen molar-refractivity contribution in [1.29, 1.82) is 0 Å². The molecule has 0 bridgehead atoms. The van der Waals surface area contributed by atoms with E-state index in [-0.39, 0.29) is 27.9 Å². The fourth-order valence-corrected chi connectivity index (χ4v) is 3.05. The first-order valence-electron chi connectivity index (χ1n) is 7.78. The Morgan fingerprint density at radius 3 is 2.19 bits per heavy atom. The second kappa shape index (κ2) is 6.20. The number of carbonyl (C=O) groups excluding carboxylic acids is 2. The van der Waals surface area contributed by atoms with Gasteiger partial charge in [0.25, 0.3) is 0 Å². The van der Waals surface area contributed by atoms with E-state index in [0.717, 1.165) is 0 Å². The predicted octanol–water partition coefficient (Wildman–Crippen LogP) is 5.24. The Morgan fingerprint density at radius 2 is 1.46 bits per heavy atom. The van der Waals surface area contributed by atoms with Gasteiger partial charge in [-0.2, -0.15) is 5.11 Å². The van der Waals surface area contributed by atoms with Gasteiger partial charge in [0.1, 0.15) is 5.75 Å². The molecule has 26 heavy (non-hydrogen) atoms. The van der Waals surface area contributed by atoms with E-state index in [1.807, 2.05) is 0 Å². The number of rotatable bonds is 2. The Kier molecular flexibility index (Phi) is 3.86. The van der Waals surface area contributed by atoms with Gasteiger partial charge in [0.2, 0.25) is 0 Å². The van der Waals surface area contributed by atoms with Crippen molar-refractivity contribution in [2.45, 2.75) is 0 Å². The standard InChI is InChI=1S/C20H11ClN2O3/c21-15-10-11(8-9-17(15)24)22-23-16-7-3-6-14-18(16)20(26)13-5-2-1-4-12(13)19(14)25/h1-10,24H/b23-22+. The normalized spacial score (nSPS) is 13.0. The van der Waals surface area contributed by atoms with Gasteiger partial charge in [-0.3, -0.25) is 9.59 Å². The molecular formula is C20H11ClN2O3. The van der Waals surface area contributed by atoms with Crippen molar-refractivity contribution in [3.63, 3.8) is 0 Å². The van der Waals surface area contributed by atoms with Crippen LogP contribution in [-0.4, -0.2) is 16.7 Å². The average molecular weight is 363 g/mol. The predicted molar refractivity (Wildman–Crippen MR) is 97.0 cm³/mol. The van der Waals surface area contributed by atoms with Crippen LogP contribution in [0.15, 0.2) is 70.9 Å². The van der Waals surface area contributed by atoms with E-state index in [0.29, 0.717) is 28.1 Å². The van der Waals surface area contributed by atoms with Crippen LogP contribution < -0.4 is 0 Å². The van der Waals surface area contributed by atoms with E-state index in [1.54, 1.807) is 48.5 Å². The third-order valence-corrected chi connectivity index (χ3v) is 4.44. The Morgan fingerprint density at radius 1 is 0.769 bits per heavy atom. The molecule has 1 aliphatic rings. The lowest BCUT2D eigenvalue weighted by Crippen LogP contribution is -2.20. The number of ketones is 2. The minimum atomic E-state index is -0.256. The van der Waals surface area contributed by atoms with Crippen molar-refractivity contribution in [1.82, 2.24) is 0 Å². The highest BCUT2D eigenvalue weighted by atomic mass is 35.5. The molecule has 0 amide bonds. The molecule has 3 aromatic rings. The van der Waals surface area contributed by atoms with Crippen LogP contribution in [0.1, 0.15) is 31.8 Å². The molecule has 4 rings (SSSR count). The molecule has 0 unspecified atom stereocenters. The van der Waals surface area contributed by atoms with E-state index in [4.69, 9.17) is 11.6 Å². The zero-order valence-electron chi connectivity index (χ0n) is 13.3. The number of aromatic hydroxyl groups is 1. The number of nitrogens with zero attached hydrogens (tertiary/aromatic N) is 2. The molecule has 1 aliphatic carbocycles. The summed E-state index contributed by atoms with van der Waals surface area (Å²) in [5.74, 6) is -0.520. The fourth-order valence-electron chi connectivity index (χ4n) is 2.88. The van der Waals surface area contributed by atoms with Gasteiger partial charge in [0.05, 0.1) is 22.0 Å². The number of phenols is 1. The van der Waals surface area contributed by atoms with E-state index in [1.165, 1.54) is 12.1 Å². The number of hydrogen-bond acceptors (Lipinski definition) is 5. The van der Waals surface area contributed by atoms with Crippen LogP contribution in [0.4, 0.5) is 11.4 Å². The first-order chi connectivity index (χ1) is 12.6. The van der Waals surface area contributed by atoms with E-state index in [2.05, 4.69) is 10.2 Å². The zero-order chi connectivity index (χ0) is 18.3. The van der Waals surface area contributed by atoms with Crippen molar-refractivity contribution >= 4 is 34.5 Å². The molecular weight excluding hydrogens is 352 g/mol. The van der Waals surface area contributed by atoms with Gasteiger partial charge in [-0.05, 0) is 24.3 Å². The Hall–Kier alpha value is -3.31. The Bertz CT molecular complexity index is 1110. The number of azo groups is 1. The second-order valence-electron chi connectivity index (χ2n) is 5.74. The highest BCUT2D eigenvalue weighted by Crippen LogP contribution is 2.34. The second-order valence-corrected chi connectivity index (χ2v) is 6.15. The third kappa shape index (κ3) is 2.59. The summed E-state index contributed by atoms with van der Waals surface area (Å²) in [6.07, 6.45) is 0. The molecule has 0 aliphatic heterocycles. The molecule has 0 atom stereocenters. The highest BCUT2D eigenvalue weighted by molar-refractivity contribution is 6.32. The smallest absolute Gasteiger partial charge is 0.196 e. The topological polar surface area (TPSA) is 79.1 Å². The summed E-state index contributed by atoms with van der Waals surface area (Å²) in [6.45, 7) is 0. The number of fused-ring (bicyclic) bond motifs is 2. The van der Waals surface area contributed by atoms with Crippen molar-refractivity contribution in [3.8, 4) is 5.75 Å². The molecule has 0 saturated heterocycles. The summed E-state index contributed by atoms with van der Waals surface area (Å²) < 4.78 is 0. The molecule has 0 radical (unpaired) electrons. The van der Waals surface area contributed by atoms with Gasteiger partial charge in [0.15, 0.2) is 11.6 Å². The van der Waals surface area contributed by atoms with Crippen molar-refractivity contribution < 1.29 is 14.7 Å². The fraction of sp³-hybridized carbons (Fsp3) is 0. The molecule has 126 valence electrons. The Balaban J connectivity index is 1.80. The minimum absolute atomic E-state index is 0.0555. The van der Waals surface area contributed by atoms with Crippen LogP contribution >= 0.6 is 11.6 Å². The molecule has 0 saturated carbocycles. The minimum Gasteiger partial charge on any atom is -0.506 e. The van der Waals surface area contributed by atoms with E-state index >= 15 is 0 Å². The van der Waals surface area contributed by atoms with Gasteiger partial charge >= 0.3 is 0 Å². The first-order valence-corrected chi connectivity index (χ1v) is 8.16. The number of phenolic OH excluding ortho intramolecular Hbond substituents is 1. The molecule has 6 heteroatoms. The Labute approximate surface area is 153 Å². The van der Waals surface area contributed by atoms with E-state index < -0.39 is 0 Å².